The molecule has 124 valence electrons. The molecule has 4 aliphatic rings. The van der Waals surface area contributed by atoms with Crippen molar-refractivity contribution < 1.29 is 18.7 Å². The smallest absolute Gasteiger partial charge is 0.317 e. The summed E-state index contributed by atoms with van der Waals surface area (Å²) in [5.41, 5.74) is 2.14. The van der Waals surface area contributed by atoms with E-state index in [2.05, 4.69) is 19.9 Å². The Labute approximate surface area is 140 Å². The molecule has 4 unspecified atom stereocenters. The molecule has 3 aliphatic carbocycles. The zero-order chi connectivity index (χ0) is 16.9. The van der Waals surface area contributed by atoms with Gasteiger partial charge in [0.1, 0.15) is 5.41 Å². The molecule has 24 heavy (non-hydrogen) atoms. The minimum atomic E-state index is -0.704. The topological polar surface area (TPSA) is 56.5 Å². The quantitative estimate of drug-likeness (QED) is 0.739. The van der Waals surface area contributed by atoms with E-state index in [9.17, 15) is 9.59 Å². The van der Waals surface area contributed by atoms with Gasteiger partial charge in [0.2, 0.25) is 0 Å². The summed E-state index contributed by atoms with van der Waals surface area (Å²) in [6.45, 7) is 6.32. The summed E-state index contributed by atoms with van der Waals surface area (Å²) >= 11 is 0. The van der Waals surface area contributed by atoms with Crippen LogP contribution in [0.1, 0.15) is 45.6 Å². The van der Waals surface area contributed by atoms with Crippen LogP contribution in [0.25, 0.3) is 5.57 Å². The molecular formula is C20H20O4. The van der Waals surface area contributed by atoms with E-state index >= 15 is 0 Å². The molecule has 0 aromatic carbocycles. The molecule has 0 N–H and O–H groups in total. The number of Topliss-reactive ketones (excluding diaryl/α,β-unsaturated/α-hetero) is 1. The van der Waals surface area contributed by atoms with Gasteiger partial charge in [0.25, 0.3) is 0 Å². The molecule has 2 heterocycles. The first kappa shape index (κ1) is 14.3. The molecule has 0 bridgehead atoms. The minimum Gasteiger partial charge on any atom is -0.472 e. The van der Waals surface area contributed by atoms with E-state index in [1.807, 2.05) is 13.0 Å². The van der Waals surface area contributed by atoms with E-state index in [0.29, 0.717) is 5.92 Å². The number of carbonyl (C=O) groups is 2. The van der Waals surface area contributed by atoms with Crippen LogP contribution in [0, 0.1) is 16.7 Å². The maximum absolute atomic E-state index is 13.1. The number of ketones is 1. The third-order valence-corrected chi connectivity index (χ3v) is 7.09. The van der Waals surface area contributed by atoms with Gasteiger partial charge in [-0.05, 0) is 42.9 Å². The highest BCUT2D eigenvalue weighted by Gasteiger charge is 2.75. The van der Waals surface area contributed by atoms with E-state index in [4.69, 9.17) is 9.15 Å². The molecule has 1 aromatic heterocycles. The van der Waals surface area contributed by atoms with Gasteiger partial charge in [-0.3, -0.25) is 9.59 Å². The number of hydrogen-bond acceptors (Lipinski definition) is 4. The summed E-state index contributed by atoms with van der Waals surface area (Å²) in [4.78, 5) is 25.3. The maximum atomic E-state index is 13.1. The van der Waals surface area contributed by atoms with Crippen molar-refractivity contribution in [1.82, 2.24) is 0 Å². The third kappa shape index (κ3) is 1.27. The summed E-state index contributed by atoms with van der Waals surface area (Å²) in [5.74, 6) is 0.230. The Morgan fingerprint density at radius 2 is 2.04 bits per heavy atom. The van der Waals surface area contributed by atoms with Gasteiger partial charge in [-0.1, -0.05) is 19.9 Å². The molecule has 1 aromatic rings. The molecule has 4 nitrogen and oxygen atoms in total. The van der Waals surface area contributed by atoms with Crippen molar-refractivity contribution in [3.63, 3.8) is 0 Å². The zero-order valence-corrected chi connectivity index (χ0v) is 14.1. The fourth-order valence-corrected chi connectivity index (χ4v) is 5.43. The first-order valence-corrected chi connectivity index (χ1v) is 8.61. The van der Waals surface area contributed by atoms with Gasteiger partial charge in [0.05, 0.1) is 12.5 Å². The fourth-order valence-electron chi connectivity index (χ4n) is 5.43. The SMILES string of the molecule is CC1CCC23OC(=O)C2(C)CC(=O)C2=C3C1(C)C=C2c1ccoc1. The van der Waals surface area contributed by atoms with Crippen molar-refractivity contribution >= 4 is 17.3 Å². The normalized spacial score (nSPS) is 43.0. The highest BCUT2D eigenvalue weighted by atomic mass is 16.6. The van der Waals surface area contributed by atoms with E-state index in [-0.39, 0.29) is 23.6 Å². The molecule has 1 saturated carbocycles. The molecule has 0 amide bonds. The van der Waals surface area contributed by atoms with Crippen molar-refractivity contribution in [1.29, 1.82) is 0 Å². The molecule has 2 fully saturated rings. The van der Waals surface area contributed by atoms with Crippen molar-refractivity contribution in [2.45, 2.75) is 45.6 Å². The maximum Gasteiger partial charge on any atom is 0.317 e. The van der Waals surface area contributed by atoms with Crippen LogP contribution < -0.4 is 0 Å². The van der Waals surface area contributed by atoms with Crippen LogP contribution in [-0.2, 0) is 14.3 Å². The first-order chi connectivity index (χ1) is 11.3. The molecule has 0 radical (unpaired) electrons. The first-order valence-electron chi connectivity index (χ1n) is 8.61. The average Bonchev–Trinajstić information content (AvgIpc) is 3.15. The Hall–Kier alpha value is -2.10. The van der Waals surface area contributed by atoms with Crippen molar-refractivity contribution in [3.8, 4) is 0 Å². The summed E-state index contributed by atoms with van der Waals surface area (Å²) in [6, 6.07) is 1.89. The molecule has 4 atom stereocenters. The minimum absolute atomic E-state index is 0.0602. The molecular weight excluding hydrogens is 304 g/mol. The van der Waals surface area contributed by atoms with E-state index in [1.165, 1.54) is 0 Å². The third-order valence-electron chi connectivity index (χ3n) is 7.09. The number of furan rings is 1. The number of allylic oxidation sites excluding steroid dienone is 3. The van der Waals surface area contributed by atoms with E-state index in [1.54, 1.807) is 12.5 Å². The predicted octanol–water partition coefficient (Wildman–Crippen LogP) is 3.68. The van der Waals surface area contributed by atoms with Crippen LogP contribution in [0.4, 0.5) is 0 Å². The molecule has 1 spiro atoms. The highest BCUT2D eigenvalue weighted by molar-refractivity contribution is 6.17. The molecule has 1 saturated heterocycles. The second-order valence-electron chi connectivity index (χ2n) is 8.19. The van der Waals surface area contributed by atoms with E-state index in [0.717, 1.165) is 35.1 Å². The fraction of sp³-hybridized carbons (Fsp3) is 0.500. The number of hydrogen-bond donors (Lipinski definition) is 0. The Morgan fingerprint density at radius 3 is 2.71 bits per heavy atom. The van der Waals surface area contributed by atoms with Gasteiger partial charge < -0.3 is 9.15 Å². The lowest BCUT2D eigenvalue weighted by Crippen LogP contribution is -2.71. The van der Waals surface area contributed by atoms with Gasteiger partial charge in [-0.25, -0.2) is 0 Å². The van der Waals surface area contributed by atoms with Crippen LogP contribution in [0.5, 0.6) is 0 Å². The number of carbonyl (C=O) groups excluding carboxylic acids is 2. The van der Waals surface area contributed by atoms with Crippen LogP contribution in [0.3, 0.4) is 0 Å². The van der Waals surface area contributed by atoms with Gasteiger partial charge in [0.15, 0.2) is 11.4 Å². The van der Waals surface area contributed by atoms with Gasteiger partial charge in [-0.15, -0.1) is 0 Å². The van der Waals surface area contributed by atoms with E-state index < -0.39 is 11.0 Å². The number of ether oxygens (including phenoxy) is 1. The van der Waals surface area contributed by atoms with Gasteiger partial charge in [-0.2, -0.15) is 0 Å². The van der Waals surface area contributed by atoms with Crippen LogP contribution >= 0.6 is 0 Å². The Balaban J connectivity index is 1.82. The van der Waals surface area contributed by atoms with Gasteiger partial charge >= 0.3 is 5.97 Å². The Bertz CT molecular complexity index is 858. The van der Waals surface area contributed by atoms with Crippen LogP contribution in [-0.4, -0.2) is 17.4 Å². The van der Waals surface area contributed by atoms with Crippen molar-refractivity contribution in [2.75, 3.05) is 0 Å². The summed E-state index contributed by atoms with van der Waals surface area (Å²) < 4.78 is 11.1. The second kappa shape index (κ2) is 3.93. The van der Waals surface area contributed by atoms with Crippen molar-refractivity contribution in [3.05, 3.63) is 41.4 Å². The van der Waals surface area contributed by atoms with Gasteiger partial charge in [0, 0.05) is 23.0 Å². The largest absolute Gasteiger partial charge is 0.472 e. The summed E-state index contributed by atoms with van der Waals surface area (Å²) in [5, 5.41) is 0. The summed E-state index contributed by atoms with van der Waals surface area (Å²) in [7, 11) is 0. The standard InChI is InChI=1S/C20H20O4/c1-11-4-6-20-16-15(14(21)9-19(20,3)17(22)24-20)13(8-18(11,16)2)12-5-7-23-10-12/h5,7-8,10-11H,4,6,9H2,1-3H3. The molecule has 5 rings (SSSR count). The number of rotatable bonds is 1. The molecule has 4 heteroatoms. The van der Waals surface area contributed by atoms with Crippen LogP contribution in [0.15, 0.2) is 40.2 Å². The lowest BCUT2D eigenvalue weighted by Gasteiger charge is -2.63. The Morgan fingerprint density at radius 1 is 1.25 bits per heavy atom. The number of esters is 1. The highest BCUT2D eigenvalue weighted by Crippen LogP contribution is 2.70. The lowest BCUT2D eigenvalue weighted by molar-refractivity contribution is -0.241. The average molecular weight is 324 g/mol. The molecule has 1 aliphatic heterocycles. The van der Waals surface area contributed by atoms with Crippen molar-refractivity contribution in [2.24, 2.45) is 16.7 Å². The predicted molar refractivity (Wildman–Crippen MR) is 86.8 cm³/mol. The van der Waals surface area contributed by atoms with Crippen LogP contribution in [0.2, 0.25) is 0 Å². The summed E-state index contributed by atoms with van der Waals surface area (Å²) in [6.07, 6.45) is 7.56. The lowest BCUT2D eigenvalue weighted by atomic mass is 9.47. The zero-order valence-electron chi connectivity index (χ0n) is 14.1. The second-order valence-corrected chi connectivity index (χ2v) is 8.19. The Kier molecular flexibility index (Phi) is 2.33. The monoisotopic (exact) mass is 324 g/mol.